The summed E-state index contributed by atoms with van der Waals surface area (Å²) < 4.78 is 6.39. The maximum Gasteiger partial charge on any atom is 0.339 e. The number of methoxy groups -OCH3 is 1. The Morgan fingerprint density at radius 3 is 2.65 bits per heavy atom. The van der Waals surface area contributed by atoms with E-state index in [0.29, 0.717) is 22.4 Å². The molecule has 20 heavy (non-hydrogen) atoms. The Labute approximate surface area is 116 Å². The highest BCUT2D eigenvalue weighted by molar-refractivity contribution is 5.93. The van der Waals surface area contributed by atoms with Crippen molar-refractivity contribution in [3.8, 4) is 0 Å². The molecule has 1 N–H and O–H groups in total. The van der Waals surface area contributed by atoms with Crippen molar-refractivity contribution in [1.29, 1.82) is 0 Å². The van der Waals surface area contributed by atoms with Crippen molar-refractivity contribution in [2.24, 2.45) is 0 Å². The highest BCUT2D eigenvalue weighted by atomic mass is 16.5. The van der Waals surface area contributed by atoms with Crippen molar-refractivity contribution in [3.63, 3.8) is 0 Å². The van der Waals surface area contributed by atoms with Gasteiger partial charge in [0.1, 0.15) is 0 Å². The zero-order chi connectivity index (χ0) is 14.9. The fraction of sp³-hybridized carbons (Fsp3) is 0.500. The van der Waals surface area contributed by atoms with Crippen LogP contribution in [0.25, 0.3) is 11.2 Å². The van der Waals surface area contributed by atoms with E-state index in [0.717, 1.165) is 12.8 Å². The van der Waals surface area contributed by atoms with Crippen LogP contribution < -0.4 is 5.69 Å². The first-order valence-corrected chi connectivity index (χ1v) is 6.73. The van der Waals surface area contributed by atoms with E-state index in [1.54, 1.807) is 17.6 Å². The lowest BCUT2D eigenvalue weighted by Crippen LogP contribution is -2.21. The van der Waals surface area contributed by atoms with E-state index in [2.05, 4.69) is 9.97 Å². The number of nitrogens with zero attached hydrogens (tertiary/aromatic N) is 2. The van der Waals surface area contributed by atoms with Crippen LogP contribution in [0.15, 0.2) is 10.9 Å². The first kappa shape index (κ1) is 14.3. The third kappa shape index (κ3) is 2.21. The number of hydrogen-bond acceptors (Lipinski definition) is 4. The normalized spacial score (nSPS) is 11.2. The molecule has 6 nitrogen and oxygen atoms in total. The van der Waals surface area contributed by atoms with Crippen LogP contribution in [0.5, 0.6) is 0 Å². The molecular formula is C14H19N3O3. The van der Waals surface area contributed by atoms with Crippen molar-refractivity contribution in [3.05, 3.63) is 27.8 Å². The van der Waals surface area contributed by atoms with Crippen LogP contribution in [0, 0.1) is 6.92 Å². The van der Waals surface area contributed by atoms with Gasteiger partial charge in [-0.05, 0) is 25.8 Å². The van der Waals surface area contributed by atoms with Gasteiger partial charge in [0.25, 0.3) is 0 Å². The van der Waals surface area contributed by atoms with Crippen LogP contribution in [0.4, 0.5) is 0 Å². The lowest BCUT2D eigenvalue weighted by Gasteiger charge is -2.14. The fourth-order valence-electron chi connectivity index (χ4n) is 2.45. The second kappa shape index (κ2) is 5.48. The summed E-state index contributed by atoms with van der Waals surface area (Å²) in [5.74, 6) is -0.451. The van der Waals surface area contributed by atoms with E-state index in [1.807, 2.05) is 13.8 Å². The number of hydrogen-bond donors (Lipinski definition) is 1. The first-order chi connectivity index (χ1) is 9.53. The molecular weight excluding hydrogens is 258 g/mol. The molecule has 2 aromatic heterocycles. The van der Waals surface area contributed by atoms with E-state index < -0.39 is 5.97 Å². The number of aryl methyl sites for hydroxylation is 1. The van der Waals surface area contributed by atoms with Gasteiger partial charge in [-0.1, -0.05) is 13.8 Å². The van der Waals surface area contributed by atoms with Crippen LogP contribution in [-0.4, -0.2) is 27.6 Å². The van der Waals surface area contributed by atoms with Gasteiger partial charge in [-0.15, -0.1) is 0 Å². The molecule has 0 spiro atoms. The average Bonchev–Trinajstić information content (AvgIpc) is 2.75. The molecule has 0 saturated heterocycles. The number of nitrogens with one attached hydrogen (secondary N) is 1. The summed E-state index contributed by atoms with van der Waals surface area (Å²) >= 11 is 0. The van der Waals surface area contributed by atoms with Crippen molar-refractivity contribution in [2.75, 3.05) is 7.11 Å². The molecule has 0 saturated carbocycles. The van der Waals surface area contributed by atoms with Crippen molar-refractivity contribution < 1.29 is 9.53 Å². The summed E-state index contributed by atoms with van der Waals surface area (Å²) in [6.45, 7) is 5.81. The molecule has 0 bridgehead atoms. The molecule has 0 amide bonds. The Hall–Kier alpha value is -2.11. The minimum atomic E-state index is -0.451. The molecule has 0 unspecified atom stereocenters. The highest BCUT2D eigenvalue weighted by Gasteiger charge is 2.19. The zero-order valence-electron chi connectivity index (χ0n) is 12.2. The second-order valence-electron chi connectivity index (χ2n) is 4.75. The monoisotopic (exact) mass is 277 g/mol. The SMILES string of the molecule is CCC(CC)n1c(=O)[nH]c2cc(C(=O)OC)c(C)nc21. The van der Waals surface area contributed by atoms with Crippen LogP contribution in [0.1, 0.15) is 48.8 Å². The summed E-state index contributed by atoms with van der Waals surface area (Å²) in [5.41, 5.74) is 1.89. The maximum atomic E-state index is 12.1. The van der Waals surface area contributed by atoms with E-state index in [-0.39, 0.29) is 11.7 Å². The smallest absolute Gasteiger partial charge is 0.339 e. The molecule has 0 atom stereocenters. The van der Waals surface area contributed by atoms with E-state index >= 15 is 0 Å². The van der Waals surface area contributed by atoms with E-state index in [9.17, 15) is 9.59 Å². The fourth-order valence-corrected chi connectivity index (χ4v) is 2.45. The summed E-state index contributed by atoms with van der Waals surface area (Å²) in [7, 11) is 1.32. The van der Waals surface area contributed by atoms with Gasteiger partial charge in [0.2, 0.25) is 0 Å². The lowest BCUT2D eigenvalue weighted by molar-refractivity contribution is 0.0599. The predicted octanol–water partition coefficient (Wildman–Crippen LogP) is 2.18. The van der Waals surface area contributed by atoms with Gasteiger partial charge in [0.05, 0.1) is 23.9 Å². The number of ether oxygens (including phenoxy) is 1. The Bertz CT molecular complexity index is 695. The third-order valence-corrected chi connectivity index (χ3v) is 3.59. The highest BCUT2D eigenvalue weighted by Crippen LogP contribution is 2.21. The molecule has 2 aromatic rings. The van der Waals surface area contributed by atoms with Gasteiger partial charge in [0.15, 0.2) is 5.65 Å². The summed E-state index contributed by atoms with van der Waals surface area (Å²) in [4.78, 5) is 30.9. The molecule has 0 aliphatic carbocycles. The van der Waals surface area contributed by atoms with Crippen LogP contribution in [-0.2, 0) is 4.74 Å². The maximum absolute atomic E-state index is 12.1. The van der Waals surface area contributed by atoms with Gasteiger partial charge in [-0.2, -0.15) is 0 Å². The predicted molar refractivity (Wildman–Crippen MR) is 76.0 cm³/mol. The minimum absolute atomic E-state index is 0.104. The van der Waals surface area contributed by atoms with Crippen LogP contribution in [0.2, 0.25) is 0 Å². The van der Waals surface area contributed by atoms with Gasteiger partial charge in [0, 0.05) is 6.04 Å². The van der Waals surface area contributed by atoms with Gasteiger partial charge < -0.3 is 9.72 Å². The van der Waals surface area contributed by atoms with Gasteiger partial charge in [-0.25, -0.2) is 14.6 Å². The summed E-state index contributed by atoms with van der Waals surface area (Å²) in [6, 6.07) is 1.73. The number of carbonyl (C=O) groups is 1. The lowest BCUT2D eigenvalue weighted by atomic mass is 10.1. The Morgan fingerprint density at radius 1 is 1.45 bits per heavy atom. The number of rotatable bonds is 4. The quantitative estimate of drug-likeness (QED) is 0.869. The molecule has 0 aliphatic heterocycles. The number of pyridine rings is 1. The molecule has 0 fully saturated rings. The molecule has 0 aliphatic rings. The van der Waals surface area contributed by atoms with Crippen LogP contribution in [0.3, 0.4) is 0 Å². The van der Waals surface area contributed by atoms with Crippen molar-refractivity contribution in [2.45, 2.75) is 39.7 Å². The average molecular weight is 277 g/mol. The molecule has 2 heterocycles. The van der Waals surface area contributed by atoms with E-state index in [4.69, 9.17) is 4.74 Å². The standard InChI is InChI=1S/C14H19N3O3/c1-5-9(6-2)17-12-11(16-14(17)19)7-10(8(3)15-12)13(18)20-4/h7,9H,5-6H2,1-4H3,(H,16,19). The van der Waals surface area contributed by atoms with Gasteiger partial charge >= 0.3 is 11.7 Å². The Kier molecular flexibility index (Phi) is 3.92. The number of imidazole rings is 1. The number of H-pyrrole nitrogens is 1. The van der Waals surface area contributed by atoms with Crippen LogP contribution >= 0.6 is 0 Å². The summed E-state index contributed by atoms with van der Waals surface area (Å²) in [6.07, 6.45) is 1.70. The zero-order valence-corrected chi connectivity index (χ0v) is 12.2. The topological polar surface area (TPSA) is 77.0 Å². The summed E-state index contributed by atoms with van der Waals surface area (Å²) in [5, 5.41) is 0. The second-order valence-corrected chi connectivity index (χ2v) is 4.75. The van der Waals surface area contributed by atoms with Crippen molar-refractivity contribution in [1.82, 2.24) is 14.5 Å². The Balaban J connectivity index is 2.70. The molecule has 108 valence electrons. The number of aromatic amines is 1. The minimum Gasteiger partial charge on any atom is -0.465 e. The molecule has 6 heteroatoms. The number of fused-ring (bicyclic) bond motifs is 1. The third-order valence-electron chi connectivity index (χ3n) is 3.59. The molecule has 0 aromatic carbocycles. The molecule has 0 radical (unpaired) electrons. The number of aromatic nitrogens is 3. The van der Waals surface area contributed by atoms with Crippen molar-refractivity contribution >= 4 is 17.1 Å². The first-order valence-electron chi connectivity index (χ1n) is 6.73. The number of esters is 1. The van der Waals surface area contributed by atoms with E-state index in [1.165, 1.54) is 7.11 Å². The number of carbonyl (C=O) groups excluding carboxylic acids is 1. The Morgan fingerprint density at radius 2 is 2.10 bits per heavy atom. The largest absolute Gasteiger partial charge is 0.465 e. The van der Waals surface area contributed by atoms with Gasteiger partial charge in [-0.3, -0.25) is 4.57 Å². The molecule has 2 rings (SSSR count).